The fourth-order valence-corrected chi connectivity index (χ4v) is 2.69. The van der Waals surface area contributed by atoms with Crippen molar-refractivity contribution >= 4 is 23.4 Å². The molecule has 8 heteroatoms. The van der Waals surface area contributed by atoms with E-state index in [0.29, 0.717) is 36.8 Å². The lowest BCUT2D eigenvalue weighted by Crippen LogP contribution is -2.37. The standard InChI is InChI=1S/C17H23N3O5/c1-11(21)18-6-7-19-17(23)12-8-16(22)20(10-12)13-4-5-14(24-2)15(9-13)25-3/h4-5,9,12H,6-8,10H2,1-3H3,(H,18,21)(H,19,23). The third kappa shape index (κ3) is 4.62. The second-order valence-corrected chi connectivity index (χ2v) is 5.72. The van der Waals surface area contributed by atoms with Crippen LogP contribution in [0.5, 0.6) is 11.5 Å². The molecule has 1 unspecified atom stereocenters. The van der Waals surface area contributed by atoms with Crippen LogP contribution in [0.2, 0.25) is 0 Å². The Kier molecular flexibility index (Phi) is 6.21. The number of carbonyl (C=O) groups excluding carboxylic acids is 3. The van der Waals surface area contributed by atoms with Gasteiger partial charge in [-0.1, -0.05) is 0 Å². The van der Waals surface area contributed by atoms with Crippen LogP contribution in [0.25, 0.3) is 0 Å². The van der Waals surface area contributed by atoms with E-state index in [1.165, 1.54) is 14.0 Å². The number of hydrogen-bond donors (Lipinski definition) is 2. The lowest BCUT2D eigenvalue weighted by Gasteiger charge is -2.18. The summed E-state index contributed by atoms with van der Waals surface area (Å²) in [5.41, 5.74) is 0.663. The van der Waals surface area contributed by atoms with E-state index in [1.54, 1.807) is 30.2 Å². The van der Waals surface area contributed by atoms with Crippen molar-refractivity contribution in [1.82, 2.24) is 10.6 Å². The van der Waals surface area contributed by atoms with E-state index in [2.05, 4.69) is 10.6 Å². The quantitative estimate of drug-likeness (QED) is 0.691. The van der Waals surface area contributed by atoms with Gasteiger partial charge in [-0.3, -0.25) is 14.4 Å². The summed E-state index contributed by atoms with van der Waals surface area (Å²) >= 11 is 0. The first kappa shape index (κ1) is 18.6. The first-order valence-corrected chi connectivity index (χ1v) is 8.00. The Morgan fingerprint density at radius 2 is 1.84 bits per heavy atom. The predicted octanol–water partition coefficient (Wildman–Crippen LogP) is 0.309. The molecule has 1 aromatic carbocycles. The molecule has 2 N–H and O–H groups in total. The molecular formula is C17H23N3O5. The van der Waals surface area contributed by atoms with E-state index in [1.807, 2.05) is 0 Å². The van der Waals surface area contributed by atoms with Crippen molar-refractivity contribution < 1.29 is 23.9 Å². The Morgan fingerprint density at radius 1 is 1.16 bits per heavy atom. The number of hydrogen-bond acceptors (Lipinski definition) is 5. The molecule has 1 heterocycles. The van der Waals surface area contributed by atoms with Crippen molar-refractivity contribution in [3.05, 3.63) is 18.2 Å². The molecule has 1 aliphatic rings. The van der Waals surface area contributed by atoms with Crippen molar-refractivity contribution in [3.8, 4) is 11.5 Å². The number of anilines is 1. The van der Waals surface area contributed by atoms with Crippen LogP contribution in [0.1, 0.15) is 13.3 Å². The second-order valence-electron chi connectivity index (χ2n) is 5.72. The van der Waals surface area contributed by atoms with Crippen LogP contribution < -0.4 is 25.0 Å². The highest BCUT2D eigenvalue weighted by atomic mass is 16.5. The zero-order valence-corrected chi connectivity index (χ0v) is 14.6. The number of nitrogens with zero attached hydrogens (tertiary/aromatic N) is 1. The smallest absolute Gasteiger partial charge is 0.227 e. The van der Waals surface area contributed by atoms with E-state index in [0.717, 1.165) is 0 Å². The average Bonchev–Trinajstić information content (AvgIpc) is 2.99. The van der Waals surface area contributed by atoms with Crippen molar-refractivity contribution in [2.24, 2.45) is 5.92 Å². The molecule has 0 bridgehead atoms. The first-order valence-electron chi connectivity index (χ1n) is 8.00. The Bertz CT molecular complexity index is 662. The van der Waals surface area contributed by atoms with Gasteiger partial charge in [0.25, 0.3) is 0 Å². The number of carbonyl (C=O) groups is 3. The van der Waals surface area contributed by atoms with Gasteiger partial charge in [-0.05, 0) is 12.1 Å². The topological polar surface area (TPSA) is 97.0 Å². The summed E-state index contributed by atoms with van der Waals surface area (Å²) in [6.45, 7) is 2.42. The van der Waals surface area contributed by atoms with Gasteiger partial charge in [-0.15, -0.1) is 0 Å². The maximum Gasteiger partial charge on any atom is 0.227 e. The largest absolute Gasteiger partial charge is 0.493 e. The van der Waals surface area contributed by atoms with Crippen LogP contribution in [0, 0.1) is 5.92 Å². The number of amides is 3. The van der Waals surface area contributed by atoms with E-state index in [-0.39, 0.29) is 24.1 Å². The number of nitrogens with one attached hydrogen (secondary N) is 2. The molecule has 0 radical (unpaired) electrons. The Hall–Kier alpha value is -2.77. The summed E-state index contributed by atoms with van der Waals surface area (Å²) in [5.74, 6) is 0.222. The summed E-state index contributed by atoms with van der Waals surface area (Å²) in [7, 11) is 3.07. The minimum atomic E-state index is -0.419. The summed E-state index contributed by atoms with van der Waals surface area (Å²) < 4.78 is 10.4. The van der Waals surface area contributed by atoms with Crippen LogP contribution in [-0.4, -0.2) is 51.6 Å². The highest BCUT2D eigenvalue weighted by molar-refractivity contribution is 6.00. The zero-order chi connectivity index (χ0) is 18.4. The maximum absolute atomic E-state index is 12.3. The van der Waals surface area contributed by atoms with E-state index < -0.39 is 5.92 Å². The molecule has 1 fully saturated rings. The van der Waals surface area contributed by atoms with Gasteiger partial charge in [0.1, 0.15) is 0 Å². The molecule has 1 saturated heterocycles. The molecule has 3 amide bonds. The normalized spacial score (nSPS) is 16.5. The molecular weight excluding hydrogens is 326 g/mol. The minimum Gasteiger partial charge on any atom is -0.493 e. The summed E-state index contributed by atoms with van der Waals surface area (Å²) in [5, 5.41) is 5.34. The Morgan fingerprint density at radius 3 is 2.48 bits per heavy atom. The highest BCUT2D eigenvalue weighted by Crippen LogP contribution is 2.34. The molecule has 1 aliphatic heterocycles. The third-order valence-corrected chi connectivity index (χ3v) is 3.97. The number of rotatable bonds is 7. The molecule has 0 aromatic heterocycles. The summed E-state index contributed by atoms with van der Waals surface area (Å²) in [4.78, 5) is 36.8. The van der Waals surface area contributed by atoms with Crippen LogP contribution in [0.4, 0.5) is 5.69 Å². The van der Waals surface area contributed by atoms with Gasteiger partial charge in [0.05, 0.1) is 20.1 Å². The minimum absolute atomic E-state index is 0.116. The van der Waals surface area contributed by atoms with E-state index in [4.69, 9.17) is 9.47 Å². The maximum atomic E-state index is 12.3. The fourth-order valence-electron chi connectivity index (χ4n) is 2.69. The van der Waals surface area contributed by atoms with Crippen molar-refractivity contribution in [3.63, 3.8) is 0 Å². The molecule has 25 heavy (non-hydrogen) atoms. The van der Waals surface area contributed by atoms with Crippen molar-refractivity contribution in [2.75, 3.05) is 38.8 Å². The average molecular weight is 349 g/mol. The van der Waals surface area contributed by atoms with Gasteiger partial charge in [-0.25, -0.2) is 0 Å². The Balaban J connectivity index is 1.97. The monoisotopic (exact) mass is 349 g/mol. The molecule has 0 saturated carbocycles. The Labute approximate surface area is 146 Å². The first-order chi connectivity index (χ1) is 12.0. The zero-order valence-electron chi connectivity index (χ0n) is 14.6. The van der Waals surface area contributed by atoms with Gasteiger partial charge in [0.15, 0.2) is 11.5 Å². The van der Waals surface area contributed by atoms with Crippen LogP contribution >= 0.6 is 0 Å². The predicted molar refractivity (Wildman–Crippen MR) is 91.7 cm³/mol. The molecule has 1 atom stereocenters. The summed E-state index contributed by atoms with van der Waals surface area (Å²) in [6, 6.07) is 5.20. The van der Waals surface area contributed by atoms with Crippen LogP contribution in [0.3, 0.4) is 0 Å². The van der Waals surface area contributed by atoms with Crippen LogP contribution in [-0.2, 0) is 14.4 Å². The number of benzene rings is 1. The molecule has 0 aliphatic carbocycles. The van der Waals surface area contributed by atoms with Gasteiger partial charge in [-0.2, -0.15) is 0 Å². The SMILES string of the molecule is COc1ccc(N2CC(C(=O)NCCNC(C)=O)CC2=O)cc1OC. The van der Waals surface area contributed by atoms with Crippen molar-refractivity contribution in [1.29, 1.82) is 0 Å². The lowest BCUT2D eigenvalue weighted by molar-refractivity contribution is -0.126. The molecule has 136 valence electrons. The number of ether oxygens (including phenoxy) is 2. The van der Waals surface area contributed by atoms with Gasteiger partial charge in [0, 0.05) is 44.7 Å². The fraction of sp³-hybridized carbons (Fsp3) is 0.471. The highest BCUT2D eigenvalue weighted by Gasteiger charge is 2.35. The van der Waals surface area contributed by atoms with Crippen LogP contribution in [0.15, 0.2) is 18.2 Å². The molecule has 0 spiro atoms. The van der Waals surface area contributed by atoms with Gasteiger partial charge in [0.2, 0.25) is 17.7 Å². The van der Waals surface area contributed by atoms with Crippen molar-refractivity contribution in [2.45, 2.75) is 13.3 Å². The van der Waals surface area contributed by atoms with E-state index >= 15 is 0 Å². The van der Waals surface area contributed by atoms with Gasteiger partial charge < -0.3 is 25.0 Å². The molecule has 1 aromatic rings. The number of methoxy groups -OCH3 is 2. The van der Waals surface area contributed by atoms with Gasteiger partial charge >= 0.3 is 0 Å². The third-order valence-electron chi connectivity index (χ3n) is 3.97. The lowest BCUT2D eigenvalue weighted by atomic mass is 10.1. The van der Waals surface area contributed by atoms with E-state index in [9.17, 15) is 14.4 Å². The molecule has 2 rings (SSSR count). The summed E-state index contributed by atoms with van der Waals surface area (Å²) in [6.07, 6.45) is 0.153. The second kappa shape index (κ2) is 8.36. The molecule has 8 nitrogen and oxygen atoms in total.